The topological polar surface area (TPSA) is 76.9 Å². The number of anilines is 1. The molecule has 0 aliphatic carbocycles. The third kappa shape index (κ3) is 2.41. The predicted molar refractivity (Wildman–Crippen MR) is 85.1 cm³/mol. The molecule has 0 atom stereocenters. The molecule has 0 saturated heterocycles. The van der Waals surface area contributed by atoms with E-state index in [4.69, 9.17) is 10.5 Å². The number of benzene rings is 2. The van der Waals surface area contributed by atoms with Gasteiger partial charge in [0.05, 0.1) is 13.2 Å². The molecule has 0 fully saturated rings. The summed E-state index contributed by atoms with van der Waals surface area (Å²) >= 11 is 0. The summed E-state index contributed by atoms with van der Waals surface area (Å²) in [5.74, 6) is 0.377. The van der Waals surface area contributed by atoms with Crippen LogP contribution in [-0.4, -0.2) is 16.9 Å². The SMILES string of the molecule is COCc1nn(Cc2cccc3ccccc23)c(N)c1C#N. The Hall–Kier alpha value is -2.84. The van der Waals surface area contributed by atoms with E-state index in [9.17, 15) is 5.26 Å². The standard InChI is InChI=1S/C17H16N4O/c1-22-11-16-15(9-18)17(19)21(20-16)10-13-7-4-6-12-5-2-3-8-14(12)13/h2-8H,10-11,19H2,1H3. The number of rotatable bonds is 4. The van der Waals surface area contributed by atoms with Gasteiger partial charge in [-0.2, -0.15) is 10.4 Å². The predicted octanol–water partition coefficient (Wildman–Crippen LogP) is 2.68. The Morgan fingerprint density at radius 1 is 1.23 bits per heavy atom. The van der Waals surface area contributed by atoms with Gasteiger partial charge in [-0.1, -0.05) is 42.5 Å². The first-order valence-corrected chi connectivity index (χ1v) is 6.95. The second kappa shape index (κ2) is 5.88. The minimum Gasteiger partial charge on any atom is -0.383 e. The van der Waals surface area contributed by atoms with E-state index in [0.29, 0.717) is 23.6 Å². The Bertz CT molecular complexity index is 855. The summed E-state index contributed by atoms with van der Waals surface area (Å²) < 4.78 is 6.74. The molecule has 5 heteroatoms. The van der Waals surface area contributed by atoms with E-state index >= 15 is 0 Å². The van der Waals surface area contributed by atoms with E-state index in [1.807, 2.05) is 24.3 Å². The first-order chi connectivity index (χ1) is 10.7. The van der Waals surface area contributed by atoms with Gasteiger partial charge in [0, 0.05) is 7.11 Å². The average Bonchev–Trinajstić information content (AvgIpc) is 2.83. The van der Waals surface area contributed by atoms with Crippen molar-refractivity contribution in [1.29, 1.82) is 5.26 Å². The molecule has 0 bridgehead atoms. The first-order valence-electron chi connectivity index (χ1n) is 6.95. The zero-order chi connectivity index (χ0) is 15.5. The van der Waals surface area contributed by atoms with Crippen molar-refractivity contribution >= 4 is 16.6 Å². The van der Waals surface area contributed by atoms with Crippen LogP contribution < -0.4 is 5.73 Å². The number of fused-ring (bicyclic) bond motifs is 1. The van der Waals surface area contributed by atoms with Crippen LogP contribution in [0.3, 0.4) is 0 Å². The summed E-state index contributed by atoms with van der Waals surface area (Å²) in [6, 6.07) is 16.4. The van der Waals surface area contributed by atoms with Crippen LogP contribution in [0.5, 0.6) is 0 Å². The van der Waals surface area contributed by atoms with E-state index in [0.717, 1.165) is 10.9 Å². The van der Waals surface area contributed by atoms with Gasteiger partial charge in [0.15, 0.2) is 0 Å². The Balaban J connectivity index is 2.04. The highest BCUT2D eigenvalue weighted by Gasteiger charge is 2.15. The zero-order valence-electron chi connectivity index (χ0n) is 12.3. The number of methoxy groups -OCH3 is 1. The number of hydrogen-bond donors (Lipinski definition) is 1. The van der Waals surface area contributed by atoms with Crippen molar-refractivity contribution < 1.29 is 4.74 Å². The smallest absolute Gasteiger partial charge is 0.140 e. The number of aromatic nitrogens is 2. The molecule has 22 heavy (non-hydrogen) atoms. The van der Waals surface area contributed by atoms with Crippen molar-refractivity contribution in [3.63, 3.8) is 0 Å². The summed E-state index contributed by atoms with van der Waals surface area (Å²) in [6.45, 7) is 0.793. The monoisotopic (exact) mass is 292 g/mol. The van der Waals surface area contributed by atoms with Gasteiger partial charge >= 0.3 is 0 Å². The lowest BCUT2D eigenvalue weighted by atomic mass is 10.0. The van der Waals surface area contributed by atoms with E-state index in [1.54, 1.807) is 11.8 Å². The van der Waals surface area contributed by atoms with Crippen LogP contribution in [0.15, 0.2) is 42.5 Å². The van der Waals surface area contributed by atoms with Gasteiger partial charge in [0.2, 0.25) is 0 Å². The summed E-state index contributed by atoms with van der Waals surface area (Å²) in [4.78, 5) is 0. The molecule has 0 unspecified atom stereocenters. The number of nitrogen functional groups attached to an aromatic ring is 1. The maximum Gasteiger partial charge on any atom is 0.140 e. The minimum absolute atomic E-state index is 0.273. The minimum atomic E-state index is 0.273. The fourth-order valence-electron chi connectivity index (χ4n) is 2.60. The van der Waals surface area contributed by atoms with Gasteiger partial charge < -0.3 is 10.5 Å². The van der Waals surface area contributed by atoms with Crippen LogP contribution in [0.25, 0.3) is 10.8 Å². The second-order valence-corrected chi connectivity index (χ2v) is 5.05. The maximum atomic E-state index is 9.24. The molecule has 5 nitrogen and oxygen atoms in total. The number of nitriles is 1. The molecule has 0 saturated carbocycles. The largest absolute Gasteiger partial charge is 0.383 e. The van der Waals surface area contributed by atoms with Gasteiger partial charge in [-0.15, -0.1) is 0 Å². The first kappa shape index (κ1) is 14.1. The molecule has 1 aromatic heterocycles. The van der Waals surface area contributed by atoms with Crippen LogP contribution in [0.4, 0.5) is 5.82 Å². The average molecular weight is 292 g/mol. The second-order valence-electron chi connectivity index (χ2n) is 5.05. The lowest BCUT2D eigenvalue weighted by molar-refractivity contribution is 0.180. The third-order valence-electron chi connectivity index (χ3n) is 3.66. The van der Waals surface area contributed by atoms with Crippen LogP contribution in [0.2, 0.25) is 0 Å². The molecule has 2 N–H and O–H groups in total. The quantitative estimate of drug-likeness (QED) is 0.802. The molecule has 3 aromatic rings. The van der Waals surface area contributed by atoms with E-state index < -0.39 is 0 Å². The highest BCUT2D eigenvalue weighted by molar-refractivity contribution is 5.85. The van der Waals surface area contributed by atoms with E-state index in [2.05, 4.69) is 29.4 Å². The Morgan fingerprint density at radius 3 is 2.77 bits per heavy atom. The van der Waals surface area contributed by atoms with Gasteiger partial charge in [-0.3, -0.25) is 0 Å². The molecule has 0 aliphatic heterocycles. The highest BCUT2D eigenvalue weighted by atomic mass is 16.5. The van der Waals surface area contributed by atoms with Crippen LogP contribution >= 0.6 is 0 Å². The van der Waals surface area contributed by atoms with E-state index in [-0.39, 0.29) is 6.61 Å². The number of hydrogen-bond acceptors (Lipinski definition) is 4. The lowest BCUT2D eigenvalue weighted by Gasteiger charge is -2.08. The molecule has 0 aliphatic rings. The summed E-state index contributed by atoms with van der Waals surface area (Å²) in [7, 11) is 1.57. The number of ether oxygens (including phenoxy) is 1. The van der Waals surface area contributed by atoms with Crippen LogP contribution in [-0.2, 0) is 17.9 Å². The molecule has 3 rings (SSSR count). The van der Waals surface area contributed by atoms with Crippen molar-refractivity contribution in [2.45, 2.75) is 13.2 Å². The molecule has 0 radical (unpaired) electrons. The van der Waals surface area contributed by atoms with Gasteiger partial charge in [0.25, 0.3) is 0 Å². The summed E-state index contributed by atoms with van der Waals surface area (Å²) in [5, 5.41) is 16.0. The van der Waals surface area contributed by atoms with Crippen LogP contribution in [0, 0.1) is 11.3 Å². The Labute approximate surface area is 128 Å². The van der Waals surface area contributed by atoms with Crippen molar-refractivity contribution in [2.75, 3.05) is 12.8 Å². The van der Waals surface area contributed by atoms with Gasteiger partial charge in [0.1, 0.15) is 23.1 Å². The Kier molecular flexibility index (Phi) is 3.77. The zero-order valence-corrected chi connectivity index (χ0v) is 12.3. The van der Waals surface area contributed by atoms with Crippen LogP contribution in [0.1, 0.15) is 16.8 Å². The summed E-state index contributed by atoms with van der Waals surface area (Å²) in [6.07, 6.45) is 0. The number of nitrogens with zero attached hydrogens (tertiary/aromatic N) is 3. The normalized spacial score (nSPS) is 10.7. The maximum absolute atomic E-state index is 9.24. The van der Waals surface area contributed by atoms with Crippen molar-refractivity contribution in [3.8, 4) is 6.07 Å². The fourth-order valence-corrected chi connectivity index (χ4v) is 2.60. The summed E-state index contributed by atoms with van der Waals surface area (Å²) in [5.41, 5.74) is 8.13. The lowest BCUT2D eigenvalue weighted by Crippen LogP contribution is -2.07. The number of nitrogens with two attached hydrogens (primary N) is 1. The molecule has 110 valence electrons. The molecule has 1 heterocycles. The molecule has 0 spiro atoms. The van der Waals surface area contributed by atoms with E-state index in [1.165, 1.54) is 5.39 Å². The van der Waals surface area contributed by atoms with Gasteiger partial charge in [-0.25, -0.2) is 4.68 Å². The van der Waals surface area contributed by atoms with Gasteiger partial charge in [-0.05, 0) is 16.3 Å². The molecular weight excluding hydrogens is 276 g/mol. The highest BCUT2D eigenvalue weighted by Crippen LogP contribution is 2.22. The third-order valence-corrected chi connectivity index (χ3v) is 3.66. The van der Waals surface area contributed by atoms with Crippen molar-refractivity contribution in [2.24, 2.45) is 0 Å². The van der Waals surface area contributed by atoms with Crippen molar-refractivity contribution in [3.05, 3.63) is 59.3 Å². The van der Waals surface area contributed by atoms with Crippen molar-refractivity contribution in [1.82, 2.24) is 9.78 Å². The molecular formula is C17H16N4O. The molecule has 2 aromatic carbocycles. The molecule has 0 amide bonds. The Morgan fingerprint density at radius 2 is 2.00 bits per heavy atom. The fraction of sp³-hybridized carbons (Fsp3) is 0.176.